The Labute approximate surface area is 112 Å². The third-order valence-corrected chi connectivity index (χ3v) is 2.59. The zero-order valence-electron chi connectivity index (χ0n) is 11.3. The first kappa shape index (κ1) is 15.1. The largest absolute Gasteiger partial charge is 0.334 e. The minimum atomic E-state index is -0.799. The molecule has 0 heterocycles. The van der Waals surface area contributed by atoms with E-state index in [1.165, 1.54) is 23.1 Å². The van der Waals surface area contributed by atoms with Gasteiger partial charge in [-0.1, -0.05) is 26.0 Å². The van der Waals surface area contributed by atoms with Gasteiger partial charge in [-0.25, -0.2) is 4.39 Å². The summed E-state index contributed by atoms with van der Waals surface area (Å²) in [6.07, 6.45) is 1.55. The summed E-state index contributed by atoms with van der Waals surface area (Å²) in [4.78, 5) is 25.2. The fraction of sp³-hybridized carbons (Fsp3) is 0.429. The Balaban J connectivity index is 2.71. The monoisotopic (exact) mass is 266 g/mol. The normalized spacial score (nSPS) is 10.1. The SMILES string of the molecule is CCCN(CCC)C(=O)C(=O)Nc1ccccc1F. The second-order valence-corrected chi connectivity index (χ2v) is 4.23. The van der Waals surface area contributed by atoms with Crippen molar-refractivity contribution in [2.24, 2.45) is 0 Å². The molecule has 0 radical (unpaired) electrons. The number of anilines is 1. The van der Waals surface area contributed by atoms with Gasteiger partial charge in [-0.05, 0) is 25.0 Å². The summed E-state index contributed by atoms with van der Waals surface area (Å²) in [6, 6.07) is 5.77. The average molecular weight is 266 g/mol. The summed E-state index contributed by atoms with van der Waals surface area (Å²) in [7, 11) is 0. The number of hydrogen-bond donors (Lipinski definition) is 1. The highest BCUT2D eigenvalue weighted by molar-refractivity contribution is 6.39. The first-order valence-electron chi connectivity index (χ1n) is 6.44. The fourth-order valence-corrected chi connectivity index (χ4v) is 1.74. The molecule has 1 aromatic carbocycles. The Bertz CT molecular complexity index is 443. The maximum Gasteiger partial charge on any atom is 0.313 e. The number of para-hydroxylation sites is 1. The van der Waals surface area contributed by atoms with Gasteiger partial charge >= 0.3 is 11.8 Å². The van der Waals surface area contributed by atoms with Crippen molar-refractivity contribution in [2.75, 3.05) is 18.4 Å². The molecule has 0 fully saturated rings. The molecular weight excluding hydrogens is 247 g/mol. The third kappa shape index (κ3) is 4.35. The molecular formula is C14H19FN2O2. The van der Waals surface area contributed by atoms with Crippen LogP contribution in [0.1, 0.15) is 26.7 Å². The van der Waals surface area contributed by atoms with Crippen LogP contribution in [0, 0.1) is 5.82 Å². The van der Waals surface area contributed by atoms with E-state index < -0.39 is 17.6 Å². The molecule has 0 aromatic heterocycles. The van der Waals surface area contributed by atoms with Crippen molar-refractivity contribution in [3.63, 3.8) is 0 Å². The minimum Gasteiger partial charge on any atom is -0.334 e. The van der Waals surface area contributed by atoms with Gasteiger partial charge in [0.25, 0.3) is 0 Å². The number of rotatable bonds is 5. The molecule has 5 heteroatoms. The maximum absolute atomic E-state index is 13.4. The fourth-order valence-electron chi connectivity index (χ4n) is 1.74. The van der Waals surface area contributed by atoms with Crippen molar-refractivity contribution >= 4 is 17.5 Å². The molecule has 0 aliphatic rings. The topological polar surface area (TPSA) is 49.4 Å². The number of amides is 2. The standard InChI is InChI=1S/C14H19FN2O2/c1-3-9-17(10-4-2)14(19)13(18)16-12-8-6-5-7-11(12)15/h5-8H,3-4,9-10H2,1-2H3,(H,16,18). The molecule has 0 aliphatic carbocycles. The molecule has 0 saturated carbocycles. The van der Waals surface area contributed by atoms with Crippen LogP contribution in [0.25, 0.3) is 0 Å². The highest BCUT2D eigenvalue weighted by atomic mass is 19.1. The van der Waals surface area contributed by atoms with Gasteiger partial charge in [-0.15, -0.1) is 0 Å². The number of carbonyl (C=O) groups is 2. The van der Waals surface area contributed by atoms with Gasteiger partial charge in [0, 0.05) is 13.1 Å². The molecule has 2 amide bonds. The van der Waals surface area contributed by atoms with Crippen LogP contribution in [-0.4, -0.2) is 29.8 Å². The van der Waals surface area contributed by atoms with E-state index in [1.807, 2.05) is 13.8 Å². The van der Waals surface area contributed by atoms with Crippen molar-refractivity contribution in [3.8, 4) is 0 Å². The number of halogens is 1. The van der Waals surface area contributed by atoms with E-state index in [4.69, 9.17) is 0 Å². The van der Waals surface area contributed by atoms with Crippen LogP contribution in [0.2, 0.25) is 0 Å². The smallest absolute Gasteiger partial charge is 0.313 e. The first-order valence-corrected chi connectivity index (χ1v) is 6.44. The van der Waals surface area contributed by atoms with Crippen molar-refractivity contribution < 1.29 is 14.0 Å². The van der Waals surface area contributed by atoms with Crippen molar-refractivity contribution in [1.82, 2.24) is 4.90 Å². The number of carbonyl (C=O) groups excluding carboxylic acids is 2. The molecule has 0 unspecified atom stereocenters. The van der Waals surface area contributed by atoms with Crippen molar-refractivity contribution in [1.29, 1.82) is 0 Å². The lowest BCUT2D eigenvalue weighted by atomic mass is 10.3. The molecule has 0 aliphatic heterocycles. The Morgan fingerprint density at radius 2 is 1.74 bits per heavy atom. The average Bonchev–Trinajstić information content (AvgIpc) is 2.40. The van der Waals surface area contributed by atoms with E-state index in [1.54, 1.807) is 6.07 Å². The van der Waals surface area contributed by atoms with Gasteiger partial charge in [-0.3, -0.25) is 9.59 Å². The Morgan fingerprint density at radius 1 is 1.16 bits per heavy atom. The molecule has 1 rings (SSSR count). The molecule has 0 spiro atoms. The van der Waals surface area contributed by atoms with Gasteiger partial charge in [0.1, 0.15) is 5.82 Å². The predicted octanol–water partition coefficient (Wildman–Crippen LogP) is 2.41. The van der Waals surface area contributed by atoms with Crippen LogP contribution in [-0.2, 0) is 9.59 Å². The lowest BCUT2D eigenvalue weighted by molar-refractivity contribution is -0.143. The highest BCUT2D eigenvalue weighted by Crippen LogP contribution is 2.12. The van der Waals surface area contributed by atoms with E-state index in [0.717, 1.165) is 12.8 Å². The summed E-state index contributed by atoms with van der Waals surface area (Å²) in [5.41, 5.74) is 0.0220. The number of benzene rings is 1. The maximum atomic E-state index is 13.4. The Hall–Kier alpha value is -1.91. The van der Waals surface area contributed by atoms with Gasteiger partial charge in [0.05, 0.1) is 5.69 Å². The minimum absolute atomic E-state index is 0.0220. The van der Waals surface area contributed by atoms with Gasteiger partial charge in [0.2, 0.25) is 0 Å². The van der Waals surface area contributed by atoms with E-state index in [2.05, 4.69) is 5.32 Å². The van der Waals surface area contributed by atoms with Gasteiger partial charge in [-0.2, -0.15) is 0 Å². The van der Waals surface area contributed by atoms with Crippen molar-refractivity contribution in [2.45, 2.75) is 26.7 Å². The third-order valence-electron chi connectivity index (χ3n) is 2.59. The summed E-state index contributed by atoms with van der Waals surface area (Å²) >= 11 is 0. The van der Waals surface area contributed by atoms with Crippen LogP contribution >= 0.6 is 0 Å². The zero-order valence-corrected chi connectivity index (χ0v) is 11.3. The number of hydrogen-bond acceptors (Lipinski definition) is 2. The molecule has 0 saturated heterocycles. The molecule has 1 N–H and O–H groups in total. The van der Waals surface area contributed by atoms with Crippen LogP contribution in [0.4, 0.5) is 10.1 Å². The summed E-state index contributed by atoms with van der Waals surface area (Å²) in [5, 5.41) is 2.30. The van der Waals surface area contributed by atoms with Crippen LogP contribution < -0.4 is 5.32 Å². The lowest BCUT2D eigenvalue weighted by Crippen LogP contribution is -2.40. The molecule has 0 bridgehead atoms. The molecule has 19 heavy (non-hydrogen) atoms. The van der Waals surface area contributed by atoms with E-state index in [9.17, 15) is 14.0 Å². The summed E-state index contributed by atoms with van der Waals surface area (Å²) in [5.74, 6) is -1.97. The van der Waals surface area contributed by atoms with Crippen LogP contribution in [0.5, 0.6) is 0 Å². The zero-order chi connectivity index (χ0) is 14.3. The highest BCUT2D eigenvalue weighted by Gasteiger charge is 2.21. The van der Waals surface area contributed by atoms with Crippen LogP contribution in [0.15, 0.2) is 24.3 Å². The quantitative estimate of drug-likeness (QED) is 0.832. The summed E-state index contributed by atoms with van der Waals surface area (Å²) < 4.78 is 13.4. The second-order valence-electron chi connectivity index (χ2n) is 4.23. The molecule has 1 aromatic rings. The van der Waals surface area contributed by atoms with Gasteiger partial charge in [0.15, 0.2) is 0 Å². The number of nitrogens with one attached hydrogen (secondary N) is 1. The second kappa shape index (κ2) is 7.51. The van der Waals surface area contributed by atoms with Gasteiger partial charge < -0.3 is 10.2 Å². The Kier molecular flexibility index (Phi) is 5.99. The number of nitrogens with zero attached hydrogens (tertiary/aromatic N) is 1. The van der Waals surface area contributed by atoms with Crippen LogP contribution in [0.3, 0.4) is 0 Å². The van der Waals surface area contributed by atoms with E-state index >= 15 is 0 Å². The molecule has 0 atom stereocenters. The Morgan fingerprint density at radius 3 is 2.26 bits per heavy atom. The van der Waals surface area contributed by atoms with Crippen molar-refractivity contribution in [3.05, 3.63) is 30.1 Å². The summed E-state index contributed by atoms with van der Waals surface area (Å²) in [6.45, 7) is 4.92. The predicted molar refractivity (Wildman–Crippen MR) is 72.2 cm³/mol. The first-order chi connectivity index (χ1) is 9.10. The van der Waals surface area contributed by atoms with E-state index in [-0.39, 0.29) is 5.69 Å². The lowest BCUT2D eigenvalue weighted by Gasteiger charge is -2.20. The van der Waals surface area contributed by atoms with E-state index in [0.29, 0.717) is 13.1 Å². The molecule has 4 nitrogen and oxygen atoms in total. The molecule has 104 valence electrons.